The number of fused-ring (bicyclic) bond motifs is 3. The molecule has 1 saturated heterocycles. The molecule has 234 valence electrons. The SMILES string of the molecule is CCOC(=O)[C@H](C[C@H]1C[C@@H]1N1C(=O)O[C@@H](c2ccccc2)[C@H]1c1ccccc1)NC(=O)OCC1c2ccccc2-c2ccccc21. The van der Waals surface area contributed by atoms with E-state index in [0.717, 1.165) is 33.4 Å². The first-order valence-corrected chi connectivity index (χ1v) is 15.9. The Morgan fingerprint density at radius 1 is 0.826 bits per heavy atom. The highest BCUT2D eigenvalue weighted by molar-refractivity contribution is 5.82. The molecular weight excluding hydrogens is 580 g/mol. The Balaban J connectivity index is 1.04. The summed E-state index contributed by atoms with van der Waals surface area (Å²) in [6, 6.07) is 34.5. The largest absolute Gasteiger partial charge is 0.464 e. The van der Waals surface area contributed by atoms with Gasteiger partial charge >= 0.3 is 18.2 Å². The molecule has 0 unspecified atom stereocenters. The van der Waals surface area contributed by atoms with Gasteiger partial charge in [-0.1, -0.05) is 109 Å². The number of ether oxygens (including phenoxy) is 3. The number of esters is 1. The number of alkyl carbamates (subject to hydrolysis) is 1. The van der Waals surface area contributed by atoms with E-state index in [1.807, 2.05) is 89.8 Å². The van der Waals surface area contributed by atoms with Crippen molar-refractivity contribution in [2.24, 2.45) is 5.92 Å². The highest BCUT2D eigenvalue weighted by Gasteiger charge is 2.55. The lowest BCUT2D eigenvalue weighted by atomic mass is 9.95. The van der Waals surface area contributed by atoms with Crippen molar-refractivity contribution in [1.82, 2.24) is 10.2 Å². The Morgan fingerprint density at radius 3 is 2.04 bits per heavy atom. The van der Waals surface area contributed by atoms with E-state index in [-0.39, 0.29) is 43.2 Å². The van der Waals surface area contributed by atoms with Gasteiger partial charge in [-0.3, -0.25) is 4.90 Å². The topological polar surface area (TPSA) is 94.2 Å². The molecule has 4 aromatic rings. The molecule has 2 amide bonds. The fraction of sp³-hybridized carbons (Fsp3) is 0.289. The third-order valence-electron chi connectivity index (χ3n) is 9.28. The van der Waals surface area contributed by atoms with E-state index < -0.39 is 24.2 Å². The maximum atomic E-state index is 13.4. The Morgan fingerprint density at radius 2 is 1.41 bits per heavy atom. The van der Waals surface area contributed by atoms with Gasteiger partial charge in [0.25, 0.3) is 0 Å². The number of amides is 2. The van der Waals surface area contributed by atoms with Crippen LogP contribution in [-0.4, -0.2) is 48.4 Å². The van der Waals surface area contributed by atoms with E-state index in [2.05, 4.69) is 29.6 Å². The Kier molecular flexibility index (Phi) is 8.18. The molecule has 0 aromatic heterocycles. The van der Waals surface area contributed by atoms with Crippen molar-refractivity contribution in [1.29, 1.82) is 0 Å². The Labute approximate surface area is 268 Å². The number of benzene rings is 4. The molecule has 1 aliphatic heterocycles. The number of nitrogens with zero attached hydrogens (tertiary/aromatic N) is 1. The monoisotopic (exact) mass is 616 g/mol. The molecule has 7 rings (SSSR count). The number of cyclic esters (lactones) is 1. The molecule has 5 atom stereocenters. The predicted molar refractivity (Wildman–Crippen MR) is 172 cm³/mol. The van der Waals surface area contributed by atoms with E-state index in [9.17, 15) is 14.4 Å². The normalized spacial score (nSPS) is 21.9. The lowest BCUT2D eigenvalue weighted by Crippen LogP contribution is -2.43. The standard InChI is InChI=1S/C38H36N2O6/c1-2-44-36(41)32(39-37(42)45-23-31-29-19-11-9-17-27(29)28-18-10-12-20-30(28)31)21-26-22-33(26)40-34(24-13-5-3-6-14-24)35(46-38(40)43)25-15-7-4-8-16-25/h3-20,26,31-35H,2,21-23H2,1H3,(H,39,42)/t26-,32-,33-,34+,35-/m0/s1. The fourth-order valence-corrected chi connectivity index (χ4v) is 7.08. The maximum absolute atomic E-state index is 13.4. The van der Waals surface area contributed by atoms with Crippen LogP contribution in [0.4, 0.5) is 9.59 Å². The molecule has 3 aliphatic rings. The minimum Gasteiger partial charge on any atom is -0.464 e. The molecular formula is C38H36N2O6. The van der Waals surface area contributed by atoms with Gasteiger partial charge in [0.05, 0.1) is 6.61 Å². The van der Waals surface area contributed by atoms with Gasteiger partial charge in [0.2, 0.25) is 0 Å². The molecule has 4 aromatic carbocycles. The van der Waals surface area contributed by atoms with Gasteiger partial charge in [0, 0.05) is 12.0 Å². The van der Waals surface area contributed by atoms with Crippen LogP contribution >= 0.6 is 0 Å². The molecule has 1 N–H and O–H groups in total. The van der Waals surface area contributed by atoms with Crippen molar-refractivity contribution in [2.45, 2.75) is 49.9 Å². The first-order valence-electron chi connectivity index (χ1n) is 15.9. The number of carbonyl (C=O) groups is 3. The summed E-state index contributed by atoms with van der Waals surface area (Å²) in [5.41, 5.74) is 6.40. The van der Waals surface area contributed by atoms with Crippen molar-refractivity contribution >= 4 is 18.2 Å². The summed E-state index contributed by atoms with van der Waals surface area (Å²) < 4.78 is 17.0. The number of hydrogen-bond acceptors (Lipinski definition) is 6. The van der Waals surface area contributed by atoms with Crippen molar-refractivity contribution in [2.75, 3.05) is 13.2 Å². The summed E-state index contributed by atoms with van der Waals surface area (Å²) in [6.45, 7) is 2.06. The van der Waals surface area contributed by atoms with Gasteiger partial charge in [-0.2, -0.15) is 0 Å². The summed E-state index contributed by atoms with van der Waals surface area (Å²) in [5.74, 6) is -0.648. The molecule has 46 heavy (non-hydrogen) atoms. The average Bonchev–Trinajstić information content (AvgIpc) is 3.64. The van der Waals surface area contributed by atoms with Crippen LogP contribution < -0.4 is 5.32 Å². The van der Waals surface area contributed by atoms with Gasteiger partial charge in [0.15, 0.2) is 6.10 Å². The van der Waals surface area contributed by atoms with Crippen LogP contribution in [0, 0.1) is 5.92 Å². The molecule has 2 aliphatic carbocycles. The summed E-state index contributed by atoms with van der Waals surface area (Å²) in [7, 11) is 0. The van der Waals surface area contributed by atoms with Crippen LogP contribution in [0.2, 0.25) is 0 Å². The zero-order valence-corrected chi connectivity index (χ0v) is 25.6. The highest BCUT2D eigenvalue weighted by atomic mass is 16.6. The van der Waals surface area contributed by atoms with Crippen LogP contribution in [0.1, 0.15) is 60.1 Å². The minimum absolute atomic E-state index is 0.0309. The van der Waals surface area contributed by atoms with Gasteiger partial charge in [0.1, 0.15) is 18.7 Å². The van der Waals surface area contributed by atoms with Crippen LogP contribution in [0.25, 0.3) is 11.1 Å². The van der Waals surface area contributed by atoms with E-state index in [4.69, 9.17) is 14.2 Å². The zero-order chi connectivity index (χ0) is 31.6. The number of rotatable bonds is 10. The average molecular weight is 617 g/mol. The quantitative estimate of drug-likeness (QED) is 0.150. The third kappa shape index (κ3) is 5.71. The lowest BCUT2D eigenvalue weighted by Gasteiger charge is -2.26. The zero-order valence-electron chi connectivity index (χ0n) is 25.6. The number of carbonyl (C=O) groups excluding carboxylic acids is 3. The first-order chi connectivity index (χ1) is 22.5. The number of nitrogens with one attached hydrogen (secondary N) is 1. The predicted octanol–water partition coefficient (Wildman–Crippen LogP) is 7.17. The van der Waals surface area contributed by atoms with Crippen molar-refractivity contribution in [3.8, 4) is 11.1 Å². The molecule has 1 heterocycles. The molecule has 1 saturated carbocycles. The molecule has 0 bridgehead atoms. The van der Waals surface area contributed by atoms with E-state index in [1.165, 1.54) is 0 Å². The van der Waals surface area contributed by atoms with Crippen molar-refractivity contribution in [3.05, 3.63) is 131 Å². The second-order valence-corrected chi connectivity index (χ2v) is 12.1. The lowest BCUT2D eigenvalue weighted by molar-refractivity contribution is -0.145. The Bertz CT molecular complexity index is 1680. The van der Waals surface area contributed by atoms with Crippen LogP contribution in [-0.2, 0) is 19.0 Å². The van der Waals surface area contributed by atoms with Crippen LogP contribution in [0.5, 0.6) is 0 Å². The smallest absolute Gasteiger partial charge is 0.411 e. The van der Waals surface area contributed by atoms with Gasteiger partial charge in [-0.25, -0.2) is 14.4 Å². The second-order valence-electron chi connectivity index (χ2n) is 12.1. The van der Waals surface area contributed by atoms with Gasteiger partial charge in [-0.05, 0) is 59.1 Å². The van der Waals surface area contributed by atoms with Crippen molar-refractivity contribution in [3.63, 3.8) is 0 Å². The second kappa shape index (κ2) is 12.7. The molecule has 8 heteroatoms. The summed E-state index contributed by atoms with van der Waals surface area (Å²) >= 11 is 0. The van der Waals surface area contributed by atoms with E-state index in [0.29, 0.717) is 12.8 Å². The van der Waals surface area contributed by atoms with Gasteiger partial charge in [-0.15, -0.1) is 0 Å². The van der Waals surface area contributed by atoms with E-state index >= 15 is 0 Å². The van der Waals surface area contributed by atoms with Crippen LogP contribution in [0.15, 0.2) is 109 Å². The minimum atomic E-state index is -0.913. The molecule has 8 nitrogen and oxygen atoms in total. The fourth-order valence-electron chi connectivity index (χ4n) is 7.08. The maximum Gasteiger partial charge on any atom is 0.411 e. The molecule has 0 radical (unpaired) electrons. The Hall–Kier alpha value is -5.11. The molecule has 2 fully saturated rings. The summed E-state index contributed by atoms with van der Waals surface area (Å²) in [4.78, 5) is 41.4. The first kappa shape index (κ1) is 29.6. The summed E-state index contributed by atoms with van der Waals surface area (Å²) in [6.07, 6.45) is -0.523. The van der Waals surface area contributed by atoms with Crippen molar-refractivity contribution < 1.29 is 28.6 Å². The van der Waals surface area contributed by atoms with Crippen LogP contribution in [0.3, 0.4) is 0 Å². The highest BCUT2D eigenvalue weighted by Crippen LogP contribution is 2.51. The molecule has 0 spiro atoms. The summed E-state index contributed by atoms with van der Waals surface area (Å²) in [5, 5.41) is 2.77. The van der Waals surface area contributed by atoms with E-state index in [1.54, 1.807) is 6.92 Å². The number of hydrogen-bond donors (Lipinski definition) is 1. The van der Waals surface area contributed by atoms with Gasteiger partial charge < -0.3 is 19.5 Å². The third-order valence-corrected chi connectivity index (χ3v) is 9.28.